The minimum absolute atomic E-state index is 0.0653. The Morgan fingerprint density at radius 3 is 2.82 bits per heavy atom. The van der Waals surface area contributed by atoms with Gasteiger partial charge in [0, 0.05) is 17.5 Å². The molecular weight excluding hydrogens is 443 g/mol. The highest BCUT2D eigenvalue weighted by molar-refractivity contribution is 7.10. The molecule has 0 saturated heterocycles. The summed E-state index contributed by atoms with van der Waals surface area (Å²) in [5.41, 5.74) is 1.02. The molecule has 0 fully saturated rings. The molecular formula is C25H27FN2O4S. The molecule has 1 aromatic carbocycles. The molecule has 0 aliphatic carbocycles. The Hall–Kier alpha value is -3.13. The Bertz CT molecular complexity index is 1100. The molecule has 2 unspecified atom stereocenters. The molecule has 1 aliphatic rings. The van der Waals surface area contributed by atoms with Crippen molar-refractivity contribution in [1.82, 2.24) is 9.80 Å². The van der Waals surface area contributed by atoms with Crippen molar-refractivity contribution in [1.29, 1.82) is 0 Å². The van der Waals surface area contributed by atoms with E-state index in [1.807, 2.05) is 25.3 Å². The molecule has 2 atom stereocenters. The van der Waals surface area contributed by atoms with Crippen LogP contribution in [-0.4, -0.2) is 47.4 Å². The van der Waals surface area contributed by atoms with Crippen LogP contribution in [0.2, 0.25) is 0 Å². The van der Waals surface area contributed by atoms with E-state index in [1.165, 1.54) is 17.2 Å². The van der Waals surface area contributed by atoms with Crippen LogP contribution in [0.25, 0.3) is 0 Å². The molecule has 6 nitrogen and oxygen atoms in total. The maximum atomic E-state index is 14.1. The van der Waals surface area contributed by atoms with E-state index in [2.05, 4.69) is 0 Å². The number of carbonyl (C=O) groups is 2. The van der Waals surface area contributed by atoms with E-state index in [4.69, 9.17) is 9.15 Å². The van der Waals surface area contributed by atoms with Crippen LogP contribution in [0.4, 0.5) is 4.39 Å². The van der Waals surface area contributed by atoms with Gasteiger partial charge >= 0.3 is 0 Å². The molecule has 8 heteroatoms. The summed E-state index contributed by atoms with van der Waals surface area (Å²) >= 11 is 1.65. The molecule has 0 N–H and O–H groups in total. The Labute approximate surface area is 196 Å². The first kappa shape index (κ1) is 23.0. The van der Waals surface area contributed by atoms with Crippen molar-refractivity contribution in [2.24, 2.45) is 0 Å². The lowest BCUT2D eigenvalue weighted by atomic mass is 10.00. The zero-order valence-corrected chi connectivity index (χ0v) is 19.5. The van der Waals surface area contributed by atoms with Crippen LogP contribution in [0.15, 0.2) is 58.5 Å². The third-order valence-corrected chi connectivity index (χ3v) is 7.07. The first-order chi connectivity index (χ1) is 16.0. The molecule has 33 heavy (non-hydrogen) atoms. The van der Waals surface area contributed by atoms with Gasteiger partial charge < -0.3 is 19.0 Å². The van der Waals surface area contributed by atoms with E-state index >= 15 is 0 Å². The van der Waals surface area contributed by atoms with Gasteiger partial charge in [-0.15, -0.1) is 11.3 Å². The predicted octanol–water partition coefficient (Wildman–Crippen LogP) is 4.93. The van der Waals surface area contributed by atoms with Gasteiger partial charge in [-0.05, 0) is 61.0 Å². The minimum atomic E-state index is -0.441. The SMILES string of the molecule is CCC(C)N(CC(=O)N1CCc2sccc2C1COc1ccccc1F)C(=O)c1ccco1. The third-order valence-electron chi connectivity index (χ3n) is 6.07. The quantitative estimate of drug-likeness (QED) is 0.469. The second-order valence-corrected chi connectivity index (χ2v) is 9.06. The van der Waals surface area contributed by atoms with Crippen LogP contribution in [0.1, 0.15) is 47.3 Å². The number of fused-ring (bicyclic) bond motifs is 1. The number of amides is 2. The van der Waals surface area contributed by atoms with Gasteiger partial charge in [0.05, 0.1) is 12.3 Å². The van der Waals surface area contributed by atoms with Crippen LogP contribution in [0.5, 0.6) is 5.75 Å². The van der Waals surface area contributed by atoms with E-state index in [9.17, 15) is 14.0 Å². The van der Waals surface area contributed by atoms with Gasteiger partial charge in [0.15, 0.2) is 17.3 Å². The summed E-state index contributed by atoms with van der Waals surface area (Å²) in [4.78, 5) is 31.0. The van der Waals surface area contributed by atoms with Gasteiger partial charge in [0.25, 0.3) is 5.91 Å². The monoisotopic (exact) mass is 470 g/mol. The number of rotatable bonds is 8. The van der Waals surface area contributed by atoms with Crippen molar-refractivity contribution in [2.45, 2.75) is 38.8 Å². The van der Waals surface area contributed by atoms with Crippen molar-refractivity contribution in [3.8, 4) is 5.75 Å². The third kappa shape index (κ3) is 4.95. The fourth-order valence-corrected chi connectivity index (χ4v) is 4.96. The topological polar surface area (TPSA) is 63.0 Å². The second kappa shape index (κ2) is 10.2. The summed E-state index contributed by atoms with van der Waals surface area (Å²) in [5.74, 6) is -0.559. The Kier molecular flexibility index (Phi) is 7.13. The van der Waals surface area contributed by atoms with E-state index in [1.54, 1.807) is 51.5 Å². The highest BCUT2D eigenvalue weighted by Gasteiger charge is 2.35. The highest BCUT2D eigenvalue weighted by Crippen LogP contribution is 2.34. The number of furan rings is 1. The van der Waals surface area contributed by atoms with Crippen LogP contribution >= 0.6 is 11.3 Å². The minimum Gasteiger partial charge on any atom is -0.488 e. The number of thiophene rings is 1. The molecule has 0 saturated carbocycles. The molecule has 1 aliphatic heterocycles. The zero-order chi connectivity index (χ0) is 23.4. The molecule has 0 spiro atoms. The summed E-state index contributed by atoms with van der Waals surface area (Å²) in [6, 6.07) is 11.0. The summed E-state index contributed by atoms with van der Waals surface area (Å²) in [7, 11) is 0. The fourth-order valence-electron chi connectivity index (χ4n) is 4.03. The molecule has 2 amide bonds. The van der Waals surface area contributed by atoms with Gasteiger partial charge in [-0.1, -0.05) is 19.1 Å². The molecule has 0 bridgehead atoms. The average molecular weight is 471 g/mol. The maximum absolute atomic E-state index is 14.1. The Morgan fingerprint density at radius 2 is 2.09 bits per heavy atom. The van der Waals surface area contributed by atoms with E-state index in [0.29, 0.717) is 13.0 Å². The first-order valence-corrected chi connectivity index (χ1v) is 11.9. The van der Waals surface area contributed by atoms with Gasteiger partial charge in [-0.25, -0.2) is 4.39 Å². The lowest BCUT2D eigenvalue weighted by molar-refractivity contribution is -0.136. The average Bonchev–Trinajstić information content (AvgIpc) is 3.53. The number of hydrogen-bond donors (Lipinski definition) is 0. The van der Waals surface area contributed by atoms with Crippen molar-refractivity contribution in [3.05, 3.63) is 76.1 Å². The lowest BCUT2D eigenvalue weighted by Crippen LogP contribution is -2.49. The summed E-state index contributed by atoms with van der Waals surface area (Å²) in [5, 5.41) is 2.00. The summed E-state index contributed by atoms with van der Waals surface area (Å²) < 4.78 is 25.2. The van der Waals surface area contributed by atoms with Crippen molar-refractivity contribution < 1.29 is 23.1 Å². The fraction of sp³-hybridized carbons (Fsp3) is 0.360. The highest BCUT2D eigenvalue weighted by atomic mass is 32.1. The standard InChI is InChI=1S/C25H27FN2O4S/c1-3-17(2)28(25(30)22-9-6-13-31-22)15-24(29)27-12-10-23-18(11-14-33-23)20(27)16-32-21-8-5-4-7-19(21)26/h4-9,11,13-14,17,20H,3,10,12,15-16H2,1-2H3. The molecule has 2 aromatic heterocycles. The van der Waals surface area contributed by atoms with Gasteiger partial charge in [-0.3, -0.25) is 9.59 Å². The molecule has 3 heterocycles. The van der Waals surface area contributed by atoms with E-state index < -0.39 is 5.82 Å². The normalized spacial score (nSPS) is 16.2. The lowest BCUT2D eigenvalue weighted by Gasteiger charge is -2.38. The maximum Gasteiger partial charge on any atom is 0.290 e. The number of para-hydroxylation sites is 1. The smallest absolute Gasteiger partial charge is 0.290 e. The first-order valence-electron chi connectivity index (χ1n) is 11.1. The summed E-state index contributed by atoms with van der Waals surface area (Å²) in [6.07, 6.45) is 2.89. The molecule has 3 aromatic rings. The number of halogens is 1. The number of nitrogens with zero attached hydrogens (tertiary/aromatic N) is 2. The van der Waals surface area contributed by atoms with Crippen molar-refractivity contribution in [3.63, 3.8) is 0 Å². The number of benzene rings is 1. The number of hydrogen-bond acceptors (Lipinski definition) is 5. The van der Waals surface area contributed by atoms with Gasteiger partial charge in [-0.2, -0.15) is 0 Å². The van der Waals surface area contributed by atoms with Crippen LogP contribution in [0.3, 0.4) is 0 Å². The van der Waals surface area contributed by atoms with Crippen molar-refractivity contribution >= 4 is 23.2 Å². The largest absolute Gasteiger partial charge is 0.488 e. The zero-order valence-electron chi connectivity index (χ0n) is 18.7. The van der Waals surface area contributed by atoms with Crippen LogP contribution < -0.4 is 4.74 Å². The molecule has 174 valence electrons. The Balaban J connectivity index is 1.55. The Morgan fingerprint density at radius 1 is 1.27 bits per heavy atom. The summed E-state index contributed by atoms with van der Waals surface area (Å²) in [6.45, 7) is 4.47. The van der Waals surface area contributed by atoms with E-state index in [0.717, 1.165) is 12.0 Å². The molecule has 4 rings (SSSR count). The number of ether oxygens (including phenoxy) is 1. The van der Waals surface area contributed by atoms with Crippen molar-refractivity contribution in [2.75, 3.05) is 19.7 Å². The number of carbonyl (C=O) groups excluding carboxylic acids is 2. The predicted molar refractivity (Wildman–Crippen MR) is 124 cm³/mol. The second-order valence-electron chi connectivity index (χ2n) is 8.06. The van der Waals surface area contributed by atoms with E-state index in [-0.39, 0.29) is 48.6 Å². The van der Waals surface area contributed by atoms with Crippen LogP contribution in [0, 0.1) is 5.82 Å². The van der Waals surface area contributed by atoms with Gasteiger partial charge in [0.2, 0.25) is 5.91 Å². The molecule has 0 radical (unpaired) electrons. The van der Waals surface area contributed by atoms with Gasteiger partial charge in [0.1, 0.15) is 13.2 Å². The van der Waals surface area contributed by atoms with Crippen LogP contribution in [-0.2, 0) is 11.2 Å².